The summed E-state index contributed by atoms with van der Waals surface area (Å²) in [7, 11) is 0. The molecule has 9 heteroatoms. The van der Waals surface area contributed by atoms with Crippen LogP contribution in [0.25, 0.3) is 0 Å². The Hall–Kier alpha value is -3.26. The number of amides is 1. The van der Waals surface area contributed by atoms with Crippen LogP contribution in [0.5, 0.6) is 0 Å². The molecule has 3 aromatic carbocycles. The maximum absolute atomic E-state index is 13.6. The summed E-state index contributed by atoms with van der Waals surface area (Å²) >= 11 is 14.0. The highest BCUT2D eigenvalue weighted by Crippen LogP contribution is 2.37. The largest absolute Gasteiger partial charge is 0.328 e. The standard InChI is InChI=1S/C27H23Cl2N5OS/c1-16-6-5-8-21(14-16)31-25(35)23-17(2)30-26-32-27(36-15-19-7-3-4-9-22(19)29)33-34(26)24(23)18-10-12-20(28)13-11-18/h3-14,24H,15H2,1-2H3,(H,31,35)(H,30,32,33). The van der Waals surface area contributed by atoms with E-state index in [1.807, 2.05) is 86.6 Å². The molecule has 36 heavy (non-hydrogen) atoms. The van der Waals surface area contributed by atoms with Gasteiger partial charge in [-0.25, -0.2) is 4.68 Å². The highest BCUT2D eigenvalue weighted by molar-refractivity contribution is 7.98. The van der Waals surface area contributed by atoms with Crippen molar-refractivity contribution in [3.05, 3.63) is 111 Å². The predicted octanol–water partition coefficient (Wildman–Crippen LogP) is 7.11. The molecule has 0 saturated carbocycles. The quantitative estimate of drug-likeness (QED) is 0.257. The van der Waals surface area contributed by atoms with Gasteiger partial charge in [-0.1, -0.05) is 77.4 Å². The Morgan fingerprint density at radius 3 is 2.58 bits per heavy atom. The Morgan fingerprint density at radius 1 is 1.06 bits per heavy atom. The second kappa shape index (κ2) is 10.4. The van der Waals surface area contributed by atoms with Gasteiger partial charge in [0.25, 0.3) is 5.91 Å². The number of nitrogens with zero attached hydrogens (tertiary/aromatic N) is 3. The van der Waals surface area contributed by atoms with Crippen molar-refractivity contribution in [2.45, 2.75) is 30.8 Å². The first-order valence-electron chi connectivity index (χ1n) is 11.3. The second-order valence-corrected chi connectivity index (χ2v) is 10.3. The van der Waals surface area contributed by atoms with Crippen LogP contribution in [-0.4, -0.2) is 20.7 Å². The van der Waals surface area contributed by atoms with E-state index >= 15 is 0 Å². The van der Waals surface area contributed by atoms with E-state index in [4.69, 9.17) is 33.3 Å². The fourth-order valence-corrected chi connectivity index (χ4v) is 5.36. The van der Waals surface area contributed by atoms with E-state index in [0.29, 0.717) is 38.2 Å². The van der Waals surface area contributed by atoms with Crippen LogP contribution in [0, 0.1) is 6.92 Å². The number of aryl methyl sites for hydroxylation is 1. The highest BCUT2D eigenvalue weighted by atomic mass is 35.5. The van der Waals surface area contributed by atoms with Crippen LogP contribution in [-0.2, 0) is 10.5 Å². The number of allylic oxidation sites excluding steroid dienone is 1. The van der Waals surface area contributed by atoms with Gasteiger partial charge in [0, 0.05) is 27.2 Å². The molecule has 2 N–H and O–H groups in total. The fraction of sp³-hybridized carbons (Fsp3) is 0.148. The summed E-state index contributed by atoms with van der Waals surface area (Å²) in [6.07, 6.45) is 0. The van der Waals surface area contributed by atoms with Crippen LogP contribution < -0.4 is 10.6 Å². The van der Waals surface area contributed by atoms with Gasteiger partial charge in [0.15, 0.2) is 0 Å². The van der Waals surface area contributed by atoms with Crippen molar-refractivity contribution in [2.75, 3.05) is 10.6 Å². The first kappa shape index (κ1) is 24.4. The maximum atomic E-state index is 13.6. The third kappa shape index (κ3) is 5.14. The van der Waals surface area contributed by atoms with Crippen molar-refractivity contribution in [1.29, 1.82) is 0 Å². The molecule has 1 atom stereocenters. The molecule has 1 aliphatic rings. The molecule has 182 valence electrons. The summed E-state index contributed by atoms with van der Waals surface area (Å²) in [4.78, 5) is 18.3. The number of thioether (sulfide) groups is 1. The molecule has 0 spiro atoms. The van der Waals surface area contributed by atoms with Crippen LogP contribution in [0.2, 0.25) is 10.0 Å². The van der Waals surface area contributed by atoms with Crippen LogP contribution in [0.1, 0.15) is 29.7 Å². The van der Waals surface area contributed by atoms with Gasteiger partial charge >= 0.3 is 0 Å². The van der Waals surface area contributed by atoms with Crippen molar-refractivity contribution in [3.63, 3.8) is 0 Å². The fourth-order valence-electron chi connectivity index (χ4n) is 4.12. The summed E-state index contributed by atoms with van der Waals surface area (Å²) in [5, 5.41) is 13.0. The van der Waals surface area contributed by atoms with E-state index < -0.39 is 6.04 Å². The zero-order chi connectivity index (χ0) is 25.2. The molecule has 0 fully saturated rings. The smallest absolute Gasteiger partial charge is 0.255 e. The molecule has 5 rings (SSSR count). The molecule has 0 aliphatic carbocycles. The second-order valence-electron chi connectivity index (χ2n) is 8.48. The molecule has 6 nitrogen and oxygen atoms in total. The van der Waals surface area contributed by atoms with E-state index in [2.05, 4.69) is 10.6 Å². The molecule has 2 heterocycles. The molecule has 1 aromatic heterocycles. The SMILES string of the molecule is CC1=C(C(=O)Nc2cccc(C)c2)C(c2ccc(Cl)cc2)n2nc(SCc3ccccc3Cl)nc2N1. The number of rotatable bonds is 6. The van der Waals surface area contributed by atoms with Gasteiger partial charge in [-0.15, -0.1) is 5.10 Å². The van der Waals surface area contributed by atoms with E-state index in [9.17, 15) is 4.79 Å². The zero-order valence-corrected chi connectivity index (χ0v) is 22.0. The lowest BCUT2D eigenvalue weighted by Crippen LogP contribution is -2.31. The Bertz CT molecular complexity index is 1470. The van der Waals surface area contributed by atoms with Crippen molar-refractivity contribution in [2.24, 2.45) is 0 Å². The number of nitrogens with one attached hydrogen (secondary N) is 2. The number of hydrogen-bond donors (Lipinski definition) is 2. The van der Waals surface area contributed by atoms with E-state index in [0.717, 1.165) is 22.4 Å². The first-order valence-corrected chi connectivity index (χ1v) is 13.1. The lowest BCUT2D eigenvalue weighted by atomic mass is 9.95. The van der Waals surface area contributed by atoms with Crippen LogP contribution in [0.15, 0.2) is 89.2 Å². The number of hydrogen-bond acceptors (Lipinski definition) is 5. The summed E-state index contributed by atoms with van der Waals surface area (Å²) in [5.41, 5.74) is 4.94. The lowest BCUT2D eigenvalue weighted by molar-refractivity contribution is -0.113. The van der Waals surface area contributed by atoms with Gasteiger partial charge in [0.1, 0.15) is 6.04 Å². The lowest BCUT2D eigenvalue weighted by Gasteiger charge is -2.28. The number of aromatic nitrogens is 3. The molecular formula is C27H23Cl2N5OS. The average molecular weight is 536 g/mol. The zero-order valence-electron chi connectivity index (χ0n) is 19.6. The predicted molar refractivity (Wildman–Crippen MR) is 147 cm³/mol. The summed E-state index contributed by atoms with van der Waals surface area (Å²) in [6, 6.07) is 22.4. The first-order chi connectivity index (χ1) is 17.4. The molecular weight excluding hydrogens is 513 g/mol. The third-order valence-corrected chi connectivity index (χ3v) is 7.36. The van der Waals surface area contributed by atoms with E-state index in [-0.39, 0.29) is 5.91 Å². The van der Waals surface area contributed by atoms with Gasteiger partial charge < -0.3 is 10.6 Å². The molecule has 1 aliphatic heterocycles. The number of benzene rings is 3. The summed E-state index contributed by atoms with van der Waals surface area (Å²) < 4.78 is 1.76. The number of carbonyl (C=O) groups excluding carboxylic acids is 1. The van der Waals surface area contributed by atoms with E-state index in [1.54, 1.807) is 4.68 Å². The molecule has 1 unspecified atom stereocenters. The van der Waals surface area contributed by atoms with Crippen molar-refractivity contribution in [3.8, 4) is 0 Å². The Morgan fingerprint density at radius 2 is 1.83 bits per heavy atom. The van der Waals surface area contributed by atoms with Crippen molar-refractivity contribution >= 4 is 52.5 Å². The molecule has 1 amide bonds. The molecule has 0 saturated heterocycles. The van der Waals surface area contributed by atoms with Gasteiger partial charge in [0.2, 0.25) is 11.1 Å². The van der Waals surface area contributed by atoms with Gasteiger partial charge in [-0.2, -0.15) is 4.98 Å². The van der Waals surface area contributed by atoms with Gasteiger partial charge in [0.05, 0.1) is 5.57 Å². The Labute approximate surface area is 223 Å². The van der Waals surface area contributed by atoms with Crippen molar-refractivity contribution in [1.82, 2.24) is 14.8 Å². The normalized spacial score (nSPS) is 14.8. The van der Waals surface area contributed by atoms with E-state index in [1.165, 1.54) is 11.8 Å². The van der Waals surface area contributed by atoms with Gasteiger partial charge in [-0.3, -0.25) is 4.79 Å². The van der Waals surface area contributed by atoms with Crippen LogP contribution in [0.3, 0.4) is 0 Å². The minimum atomic E-state index is -0.481. The van der Waals surface area contributed by atoms with Crippen LogP contribution in [0.4, 0.5) is 11.6 Å². The number of anilines is 2. The Balaban J connectivity index is 1.49. The number of carbonyl (C=O) groups is 1. The topological polar surface area (TPSA) is 71.8 Å². The van der Waals surface area contributed by atoms with Gasteiger partial charge in [-0.05, 0) is 60.9 Å². The maximum Gasteiger partial charge on any atom is 0.255 e. The number of halogens is 2. The Kier molecular flexibility index (Phi) is 7.05. The number of fused-ring (bicyclic) bond motifs is 1. The van der Waals surface area contributed by atoms with Crippen LogP contribution >= 0.6 is 35.0 Å². The third-order valence-electron chi connectivity index (χ3n) is 5.85. The molecule has 0 bridgehead atoms. The van der Waals surface area contributed by atoms with Crippen molar-refractivity contribution < 1.29 is 4.79 Å². The molecule has 4 aromatic rings. The summed E-state index contributed by atoms with van der Waals surface area (Å²) in [5.74, 6) is 0.986. The monoisotopic (exact) mass is 535 g/mol. The summed E-state index contributed by atoms with van der Waals surface area (Å²) in [6.45, 7) is 3.87. The average Bonchev–Trinajstić information content (AvgIpc) is 3.25. The minimum absolute atomic E-state index is 0.211. The highest BCUT2D eigenvalue weighted by Gasteiger charge is 2.34. The molecule has 0 radical (unpaired) electrons. The minimum Gasteiger partial charge on any atom is -0.328 e.